The van der Waals surface area contributed by atoms with Gasteiger partial charge in [-0.05, 0) is 66.9 Å². The summed E-state index contributed by atoms with van der Waals surface area (Å²) in [6, 6.07) is 19.7. The highest BCUT2D eigenvalue weighted by molar-refractivity contribution is 7.92. The maximum Gasteiger partial charge on any atom is 0.244 e. The van der Waals surface area contributed by atoms with Gasteiger partial charge >= 0.3 is 0 Å². The molecule has 2 amide bonds. The van der Waals surface area contributed by atoms with E-state index in [2.05, 4.69) is 5.32 Å². The Morgan fingerprint density at radius 3 is 2.15 bits per heavy atom. The van der Waals surface area contributed by atoms with Crippen molar-refractivity contribution >= 4 is 50.7 Å². The van der Waals surface area contributed by atoms with E-state index in [0.717, 1.165) is 17.0 Å². The number of ether oxygens (including phenoxy) is 1. The summed E-state index contributed by atoms with van der Waals surface area (Å²) < 4.78 is 32.5. The fraction of sp³-hybridized carbons (Fsp3) is 0.310. The molecule has 11 heteroatoms. The van der Waals surface area contributed by atoms with Gasteiger partial charge in [0.1, 0.15) is 24.1 Å². The van der Waals surface area contributed by atoms with Crippen LogP contribution in [0.5, 0.6) is 11.5 Å². The molecule has 0 unspecified atom stereocenters. The fourth-order valence-electron chi connectivity index (χ4n) is 4.04. The van der Waals surface area contributed by atoms with Gasteiger partial charge in [0, 0.05) is 13.1 Å². The number of amides is 2. The number of sulfonamides is 1. The van der Waals surface area contributed by atoms with Crippen LogP contribution in [0.1, 0.15) is 32.3 Å². The molecule has 0 aliphatic rings. The molecular weight excluding hydrogens is 573 g/mol. The van der Waals surface area contributed by atoms with Crippen molar-refractivity contribution in [2.24, 2.45) is 0 Å². The Bertz CT molecular complexity index is 1400. The molecule has 0 saturated heterocycles. The number of carbonyl (C=O) groups excluding carboxylic acids is 2. The molecule has 0 fully saturated rings. The van der Waals surface area contributed by atoms with E-state index < -0.39 is 28.5 Å². The summed E-state index contributed by atoms with van der Waals surface area (Å²) in [6.45, 7) is 3.72. The van der Waals surface area contributed by atoms with Gasteiger partial charge in [0.2, 0.25) is 21.8 Å². The molecule has 3 aromatic carbocycles. The predicted molar refractivity (Wildman–Crippen MR) is 160 cm³/mol. The Hall–Kier alpha value is -3.27. The van der Waals surface area contributed by atoms with Crippen LogP contribution in [0.3, 0.4) is 0 Å². The van der Waals surface area contributed by atoms with Crippen LogP contribution < -0.4 is 14.4 Å². The molecule has 3 aromatic rings. The van der Waals surface area contributed by atoms with Gasteiger partial charge < -0.3 is 15.0 Å². The summed E-state index contributed by atoms with van der Waals surface area (Å²) in [7, 11) is -3.86. The summed E-state index contributed by atoms with van der Waals surface area (Å²) in [5.41, 5.74) is 0.937. The van der Waals surface area contributed by atoms with Crippen LogP contribution in [0.25, 0.3) is 0 Å². The monoisotopic (exact) mass is 605 g/mol. The third-order valence-corrected chi connectivity index (χ3v) is 7.93. The van der Waals surface area contributed by atoms with Crippen molar-refractivity contribution in [2.45, 2.75) is 39.3 Å². The third kappa shape index (κ3) is 8.61. The van der Waals surface area contributed by atoms with Gasteiger partial charge in [-0.1, -0.05) is 61.3 Å². The smallest absolute Gasteiger partial charge is 0.244 e. The minimum absolute atomic E-state index is 0.0369. The first kappa shape index (κ1) is 31.3. The maximum absolute atomic E-state index is 13.8. The summed E-state index contributed by atoms with van der Waals surface area (Å²) in [5.74, 6) is 0.288. The highest BCUT2D eigenvalue weighted by Gasteiger charge is 2.31. The summed E-state index contributed by atoms with van der Waals surface area (Å²) in [5, 5.41) is 3.51. The van der Waals surface area contributed by atoms with Crippen molar-refractivity contribution in [1.29, 1.82) is 0 Å². The number of rotatable bonds is 13. The van der Waals surface area contributed by atoms with Crippen LogP contribution in [0.4, 0.5) is 5.69 Å². The van der Waals surface area contributed by atoms with Crippen LogP contribution in [0.15, 0.2) is 72.8 Å². The Labute approximate surface area is 245 Å². The van der Waals surface area contributed by atoms with E-state index in [9.17, 15) is 18.0 Å². The minimum Gasteiger partial charge on any atom is -0.457 e. The molecule has 3 rings (SSSR count). The molecule has 0 aliphatic carbocycles. The van der Waals surface area contributed by atoms with Crippen LogP contribution >= 0.6 is 23.2 Å². The molecule has 214 valence electrons. The first-order valence-electron chi connectivity index (χ1n) is 12.8. The number of benzene rings is 3. The van der Waals surface area contributed by atoms with Gasteiger partial charge in [0.15, 0.2) is 0 Å². The van der Waals surface area contributed by atoms with Crippen LogP contribution in [-0.2, 0) is 26.2 Å². The van der Waals surface area contributed by atoms with E-state index in [-0.39, 0.29) is 18.1 Å². The largest absolute Gasteiger partial charge is 0.457 e. The van der Waals surface area contributed by atoms with Gasteiger partial charge in [-0.25, -0.2) is 8.42 Å². The molecule has 0 aliphatic heterocycles. The molecule has 0 aromatic heterocycles. The highest BCUT2D eigenvalue weighted by Crippen LogP contribution is 2.27. The average Bonchev–Trinajstić information content (AvgIpc) is 2.92. The van der Waals surface area contributed by atoms with Gasteiger partial charge in [-0.3, -0.25) is 13.9 Å². The number of hydrogen-bond donors (Lipinski definition) is 1. The minimum atomic E-state index is -3.86. The van der Waals surface area contributed by atoms with Gasteiger partial charge in [0.05, 0.1) is 22.0 Å². The predicted octanol–water partition coefficient (Wildman–Crippen LogP) is 5.89. The van der Waals surface area contributed by atoms with Crippen molar-refractivity contribution < 1.29 is 22.7 Å². The number of carbonyl (C=O) groups is 2. The van der Waals surface area contributed by atoms with E-state index in [4.69, 9.17) is 27.9 Å². The number of hydrogen-bond acceptors (Lipinski definition) is 5. The Morgan fingerprint density at radius 2 is 1.57 bits per heavy atom. The van der Waals surface area contributed by atoms with Crippen LogP contribution in [0.2, 0.25) is 10.0 Å². The quantitative estimate of drug-likeness (QED) is 0.262. The van der Waals surface area contributed by atoms with E-state index in [1.54, 1.807) is 61.5 Å². The second-order valence-corrected chi connectivity index (χ2v) is 11.9. The molecule has 0 bridgehead atoms. The summed E-state index contributed by atoms with van der Waals surface area (Å²) >= 11 is 12.3. The van der Waals surface area contributed by atoms with Crippen LogP contribution in [-0.4, -0.2) is 50.5 Å². The lowest BCUT2D eigenvalue weighted by molar-refractivity contribution is -0.140. The van der Waals surface area contributed by atoms with Crippen molar-refractivity contribution in [1.82, 2.24) is 10.2 Å². The number of halogens is 2. The lowest BCUT2D eigenvalue weighted by Gasteiger charge is -2.33. The molecule has 1 N–H and O–H groups in total. The second-order valence-electron chi connectivity index (χ2n) is 9.16. The van der Waals surface area contributed by atoms with Crippen molar-refractivity contribution in [3.8, 4) is 11.5 Å². The number of para-hydroxylation sites is 1. The van der Waals surface area contributed by atoms with Gasteiger partial charge in [-0.15, -0.1) is 0 Å². The highest BCUT2D eigenvalue weighted by atomic mass is 35.5. The van der Waals surface area contributed by atoms with Gasteiger partial charge in [0.25, 0.3) is 0 Å². The van der Waals surface area contributed by atoms with Gasteiger partial charge in [-0.2, -0.15) is 0 Å². The first-order valence-corrected chi connectivity index (χ1v) is 15.5. The zero-order valence-electron chi connectivity index (χ0n) is 22.6. The molecule has 40 heavy (non-hydrogen) atoms. The molecule has 0 radical (unpaired) electrons. The number of nitrogens with zero attached hydrogens (tertiary/aromatic N) is 2. The Balaban J connectivity index is 1.90. The number of nitrogens with one attached hydrogen (secondary N) is 1. The van der Waals surface area contributed by atoms with E-state index in [1.807, 2.05) is 25.1 Å². The Morgan fingerprint density at radius 1 is 0.925 bits per heavy atom. The summed E-state index contributed by atoms with van der Waals surface area (Å²) in [6.07, 6.45) is 2.09. The SMILES string of the molecule is CCCNC(=O)[C@H](CC)N(Cc1ccc(Cl)c(Cl)c1)C(=O)CN(c1ccc(Oc2ccccc2)cc1)S(C)(=O)=O. The van der Waals surface area contributed by atoms with Crippen molar-refractivity contribution in [2.75, 3.05) is 23.7 Å². The first-order chi connectivity index (χ1) is 19.0. The maximum atomic E-state index is 13.8. The van der Waals surface area contributed by atoms with E-state index in [0.29, 0.717) is 40.1 Å². The second kappa shape index (κ2) is 14.4. The fourth-order valence-corrected chi connectivity index (χ4v) is 5.21. The topological polar surface area (TPSA) is 96.0 Å². The van der Waals surface area contributed by atoms with Crippen molar-refractivity contribution in [3.05, 3.63) is 88.4 Å². The van der Waals surface area contributed by atoms with Crippen molar-refractivity contribution in [3.63, 3.8) is 0 Å². The zero-order chi connectivity index (χ0) is 29.3. The normalized spacial score (nSPS) is 11.9. The lowest BCUT2D eigenvalue weighted by Crippen LogP contribution is -2.52. The average molecular weight is 607 g/mol. The zero-order valence-corrected chi connectivity index (χ0v) is 25.0. The standard InChI is InChI=1S/C29H33Cl2N3O5S/c1-4-17-32-29(36)27(5-2)33(19-21-11-16-25(30)26(31)18-21)28(35)20-34(40(3,37)38)22-12-14-24(15-13-22)39-23-9-7-6-8-10-23/h6-16,18,27H,4-5,17,19-20H2,1-3H3,(H,32,36)/t27-/m0/s1. The van der Waals surface area contributed by atoms with E-state index >= 15 is 0 Å². The Kier molecular flexibility index (Phi) is 11.2. The molecular formula is C29H33Cl2N3O5S. The van der Waals surface area contributed by atoms with E-state index in [1.165, 1.54) is 4.90 Å². The lowest BCUT2D eigenvalue weighted by atomic mass is 10.1. The molecule has 8 nitrogen and oxygen atoms in total. The van der Waals surface area contributed by atoms with Crippen LogP contribution in [0, 0.1) is 0 Å². The number of anilines is 1. The molecule has 0 heterocycles. The summed E-state index contributed by atoms with van der Waals surface area (Å²) in [4.78, 5) is 28.2. The third-order valence-electron chi connectivity index (χ3n) is 6.05. The molecule has 0 spiro atoms. The molecule has 1 atom stereocenters. The molecule has 0 saturated carbocycles.